The largest absolute Gasteiger partial charge is 0.481 e. The van der Waals surface area contributed by atoms with Crippen LogP contribution in [0.15, 0.2) is 0 Å². The number of nitrogens with zero attached hydrogens (tertiary/aromatic N) is 1. The van der Waals surface area contributed by atoms with Crippen molar-refractivity contribution in [3.05, 3.63) is 0 Å². The van der Waals surface area contributed by atoms with Crippen LogP contribution in [0.1, 0.15) is 39.5 Å². The monoisotopic (exact) mass is 242 g/mol. The second-order valence-corrected chi connectivity index (χ2v) is 5.34. The summed E-state index contributed by atoms with van der Waals surface area (Å²) in [6.45, 7) is 4.54. The Kier molecular flexibility index (Phi) is 4.37. The average Bonchev–Trinajstić information content (AvgIpc) is 2.99. The zero-order chi connectivity index (χ0) is 13.1. The zero-order valence-corrected chi connectivity index (χ0v) is 10.8. The Morgan fingerprint density at radius 2 is 2.00 bits per heavy atom. The van der Waals surface area contributed by atoms with Gasteiger partial charge in [-0.2, -0.15) is 0 Å². The molecular formula is C12H22N2O3. The minimum absolute atomic E-state index is 0.101. The van der Waals surface area contributed by atoms with Gasteiger partial charge < -0.3 is 15.3 Å². The molecule has 17 heavy (non-hydrogen) atoms. The molecule has 0 spiro atoms. The molecule has 2 amide bonds. The standard InChI is InChI=1S/C12H22N2O3/c1-12(2,9-6-7-9)13-11(17)14(3)8-4-5-10(15)16/h9H,4-8H2,1-3H3,(H,13,17)(H,15,16). The Morgan fingerprint density at radius 1 is 1.41 bits per heavy atom. The molecule has 1 aliphatic carbocycles. The lowest BCUT2D eigenvalue weighted by Gasteiger charge is -2.29. The lowest BCUT2D eigenvalue weighted by molar-refractivity contribution is -0.137. The van der Waals surface area contributed by atoms with Gasteiger partial charge >= 0.3 is 12.0 Å². The van der Waals surface area contributed by atoms with Gasteiger partial charge in [0, 0.05) is 25.6 Å². The first-order chi connectivity index (χ1) is 7.83. The number of carboxylic acid groups (broad SMARTS) is 1. The molecule has 0 bridgehead atoms. The predicted molar refractivity (Wildman–Crippen MR) is 64.8 cm³/mol. The number of carboxylic acids is 1. The summed E-state index contributed by atoms with van der Waals surface area (Å²) >= 11 is 0. The van der Waals surface area contributed by atoms with Gasteiger partial charge in [-0.25, -0.2) is 4.79 Å². The fourth-order valence-electron chi connectivity index (χ4n) is 1.85. The van der Waals surface area contributed by atoms with Gasteiger partial charge in [0.15, 0.2) is 0 Å². The van der Waals surface area contributed by atoms with Gasteiger partial charge in [0.2, 0.25) is 0 Å². The quantitative estimate of drug-likeness (QED) is 0.744. The maximum Gasteiger partial charge on any atom is 0.317 e. The minimum Gasteiger partial charge on any atom is -0.481 e. The van der Waals surface area contributed by atoms with Gasteiger partial charge in [-0.15, -0.1) is 0 Å². The molecule has 1 fully saturated rings. The summed E-state index contributed by atoms with van der Waals surface area (Å²) in [6.07, 6.45) is 2.94. The molecule has 5 heteroatoms. The minimum atomic E-state index is -0.822. The van der Waals surface area contributed by atoms with E-state index in [9.17, 15) is 9.59 Å². The summed E-state index contributed by atoms with van der Waals surface area (Å²) in [5.74, 6) is -0.240. The smallest absolute Gasteiger partial charge is 0.317 e. The molecular weight excluding hydrogens is 220 g/mol. The number of carbonyl (C=O) groups is 2. The van der Waals surface area contributed by atoms with Crippen molar-refractivity contribution in [2.75, 3.05) is 13.6 Å². The van der Waals surface area contributed by atoms with E-state index < -0.39 is 5.97 Å². The van der Waals surface area contributed by atoms with Crippen LogP contribution in [0.5, 0.6) is 0 Å². The molecule has 1 rings (SSSR count). The van der Waals surface area contributed by atoms with Gasteiger partial charge in [0.1, 0.15) is 0 Å². The van der Waals surface area contributed by atoms with E-state index in [4.69, 9.17) is 5.11 Å². The fourth-order valence-corrected chi connectivity index (χ4v) is 1.85. The predicted octanol–water partition coefficient (Wildman–Crippen LogP) is 1.68. The first-order valence-electron chi connectivity index (χ1n) is 6.08. The first kappa shape index (κ1) is 13.8. The number of hydrogen-bond donors (Lipinski definition) is 2. The van der Waals surface area contributed by atoms with E-state index in [1.165, 1.54) is 12.8 Å². The number of nitrogens with one attached hydrogen (secondary N) is 1. The topological polar surface area (TPSA) is 69.6 Å². The third-order valence-electron chi connectivity index (χ3n) is 3.26. The van der Waals surface area contributed by atoms with E-state index in [0.717, 1.165) is 0 Å². The summed E-state index contributed by atoms with van der Waals surface area (Å²) in [5, 5.41) is 11.5. The second-order valence-electron chi connectivity index (χ2n) is 5.34. The third-order valence-corrected chi connectivity index (χ3v) is 3.26. The van der Waals surface area contributed by atoms with Crippen LogP contribution in [0.3, 0.4) is 0 Å². The summed E-state index contributed by atoms with van der Waals surface area (Å²) < 4.78 is 0. The third kappa shape index (κ3) is 4.63. The van der Waals surface area contributed by atoms with E-state index in [0.29, 0.717) is 18.9 Å². The molecule has 1 aliphatic rings. The SMILES string of the molecule is CN(CCCC(=O)O)C(=O)NC(C)(C)C1CC1. The molecule has 0 saturated heterocycles. The van der Waals surface area contributed by atoms with Crippen LogP contribution >= 0.6 is 0 Å². The zero-order valence-electron chi connectivity index (χ0n) is 10.8. The summed E-state index contributed by atoms with van der Waals surface area (Å²) in [7, 11) is 1.69. The molecule has 0 unspecified atom stereocenters. The molecule has 0 atom stereocenters. The highest BCUT2D eigenvalue weighted by atomic mass is 16.4. The van der Waals surface area contributed by atoms with Crippen LogP contribution < -0.4 is 5.32 Å². The summed E-state index contributed by atoms with van der Waals surface area (Å²) in [5.41, 5.74) is -0.155. The average molecular weight is 242 g/mol. The number of rotatable bonds is 6. The maximum absolute atomic E-state index is 11.8. The van der Waals surface area contributed by atoms with E-state index in [-0.39, 0.29) is 18.0 Å². The first-order valence-corrected chi connectivity index (χ1v) is 6.08. The van der Waals surface area contributed by atoms with Crippen LogP contribution in [-0.2, 0) is 4.79 Å². The Balaban J connectivity index is 2.28. The molecule has 1 saturated carbocycles. The number of aliphatic carboxylic acids is 1. The molecule has 0 aromatic heterocycles. The fraction of sp³-hybridized carbons (Fsp3) is 0.833. The Morgan fingerprint density at radius 3 is 2.47 bits per heavy atom. The van der Waals surface area contributed by atoms with Gasteiger partial charge in [-0.3, -0.25) is 4.79 Å². The maximum atomic E-state index is 11.8. The molecule has 98 valence electrons. The van der Waals surface area contributed by atoms with E-state index in [2.05, 4.69) is 5.32 Å². The van der Waals surface area contributed by atoms with Gasteiger partial charge in [0.25, 0.3) is 0 Å². The summed E-state index contributed by atoms with van der Waals surface area (Å²) in [4.78, 5) is 23.7. The Labute approximate surface area is 102 Å². The van der Waals surface area contributed by atoms with Crippen molar-refractivity contribution in [2.45, 2.75) is 45.1 Å². The molecule has 0 aliphatic heterocycles. The van der Waals surface area contributed by atoms with Crippen LogP contribution in [0.25, 0.3) is 0 Å². The molecule has 0 heterocycles. The van der Waals surface area contributed by atoms with Crippen LogP contribution in [-0.4, -0.2) is 41.1 Å². The number of urea groups is 1. The number of hydrogen-bond acceptors (Lipinski definition) is 2. The summed E-state index contributed by atoms with van der Waals surface area (Å²) in [6, 6.07) is -0.118. The van der Waals surface area contributed by atoms with Crippen molar-refractivity contribution in [1.29, 1.82) is 0 Å². The van der Waals surface area contributed by atoms with Gasteiger partial charge in [-0.05, 0) is 39.0 Å². The van der Waals surface area contributed by atoms with Crippen molar-refractivity contribution in [1.82, 2.24) is 10.2 Å². The van der Waals surface area contributed by atoms with Gasteiger partial charge in [-0.1, -0.05) is 0 Å². The van der Waals surface area contributed by atoms with E-state index in [1.807, 2.05) is 13.8 Å². The van der Waals surface area contributed by atoms with Crippen molar-refractivity contribution in [2.24, 2.45) is 5.92 Å². The van der Waals surface area contributed by atoms with Crippen molar-refractivity contribution in [3.63, 3.8) is 0 Å². The Bertz CT molecular complexity index is 298. The molecule has 2 N–H and O–H groups in total. The van der Waals surface area contributed by atoms with Gasteiger partial charge in [0.05, 0.1) is 0 Å². The lowest BCUT2D eigenvalue weighted by Crippen LogP contribution is -2.50. The van der Waals surface area contributed by atoms with Crippen molar-refractivity contribution >= 4 is 12.0 Å². The second kappa shape index (κ2) is 5.38. The normalized spacial score (nSPS) is 15.5. The molecule has 5 nitrogen and oxygen atoms in total. The highest BCUT2D eigenvalue weighted by molar-refractivity contribution is 5.74. The van der Waals surface area contributed by atoms with Crippen LogP contribution in [0.2, 0.25) is 0 Å². The van der Waals surface area contributed by atoms with E-state index >= 15 is 0 Å². The van der Waals surface area contributed by atoms with Crippen LogP contribution in [0, 0.1) is 5.92 Å². The van der Waals surface area contributed by atoms with E-state index in [1.54, 1.807) is 11.9 Å². The highest BCUT2D eigenvalue weighted by Crippen LogP contribution is 2.39. The molecule has 0 aromatic rings. The highest BCUT2D eigenvalue weighted by Gasteiger charge is 2.39. The number of amides is 2. The Hall–Kier alpha value is -1.26. The van der Waals surface area contributed by atoms with Crippen molar-refractivity contribution < 1.29 is 14.7 Å². The molecule has 0 aromatic carbocycles. The lowest BCUT2D eigenvalue weighted by atomic mass is 9.99. The van der Waals surface area contributed by atoms with Crippen LogP contribution in [0.4, 0.5) is 4.79 Å². The molecule has 0 radical (unpaired) electrons. The van der Waals surface area contributed by atoms with Crippen molar-refractivity contribution in [3.8, 4) is 0 Å². The number of carbonyl (C=O) groups excluding carboxylic acids is 1.